The first-order valence-electron chi connectivity index (χ1n) is 11.3. The molecule has 2 aromatic carbocycles. The van der Waals surface area contributed by atoms with Crippen molar-refractivity contribution in [1.82, 2.24) is 15.0 Å². The van der Waals surface area contributed by atoms with Crippen molar-refractivity contribution in [3.63, 3.8) is 0 Å². The van der Waals surface area contributed by atoms with E-state index in [-0.39, 0.29) is 6.10 Å². The highest BCUT2D eigenvalue weighted by Gasteiger charge is 2.26. The smallest absolute Gasteiger partial charge is 0.238 e. The molecule has 0 spiro atoms. The molecule has 0 N–H and O–H groups in total. The summed E-state index contributed by atoms with van der Waals surface area (Å²) in [6, 6.07) is 13.7. The maximum absolute atomic E-state index is 6.48. The molecule has 0 radical (unpaired) electrons. The molecule has 6 nitrogen and oxygen atoms in total. The highest BCUT2D eigenvalue weighted by molar-refractivity contribution is 6.34. The van der Waals surface area contributed by atoms with Crippen LogP contribution in [0.1, 0.15) is 55.3 Å². The molecule has 0 amide bonds. The Kier molecular flexibility index (Phi) is 8.12. The van der Waals surface area contributed by atoms with Gasteiger partial charge in [-0.1, -0.05) is 40.5 Å². The topological polar surface area (TPSA) is 58.4 Å². The molecule has 1 fully saturated rings. The Labute approximate surface area is 204 Å². The first kappa shape index (κ1) is 23.9. The Morgan fingerprint density at radius 2 is 1.70 bits per heavy atom. The van der Waals surface area contributed by atoms with E-state index in [0.29, 0.717) is 41.6 Å². The van der Waals surface area contributed by atoms with Gasteiger partial charge in [0, 0.05) is 16.7 Å². The summed E-state index contributed by atoms with van der Waals surface area (Å²) in [5, 5.41) is 10.1. The van der Waals surface area contributed by atoms with Crippen molar-refractivity contribution in [2.24, 2.45) is 0 Å². The molecule has 1 aliphatic rings. The van der Waals surface area contributed by atoms with E-state index in [1.165, 1.54) is 5.56 Å². The highest BCUT2D eigenvalue weighted by atomic mass is 35.5. The third-order valence-electron chi connectivity index (χ3n) is 6.00. The summed E-state index contributed by atoms with van der Waals surface area (Å²) in [6.45, 7) is 3.52. The number of aromatic nitrogens is 3. The fourth-order valence-corrected chi connectivity index (χ4v) is 4.79. The lowest BCUT2D eigenvalue weighted by Gasteiger charge is -2.29. The first-order chi connectivity index (χ1) is 16.1. The number of methoxy groups -OCH3 is 1. The zero-order valence-corrected chi connectivity index (χ0v) is 20.5. The van der Waals surface area contributed by atoms with E-state index in [2.05, 4.69) is 10.3 Å². The van der Waals surface area contributed by atoms with Gasteiger partial charge in [-0.2, -0.15) is 0 Å². The van der Waals surface area contributed by atoms with Crippen molar-refractivity contribution < 1.29 is 14.2 Å². The predicted molar refractivity (Wildman–Crippen MR) is 130 cm³/mol. The summed E-state index contributed by atoms with van der Waals surface area (Å²) in [5.41, 5.74) is 3.03. The van der Waals surface area contributed by atoms with Crippen molar-refractivity contribution in [3.05, 3.63) is 69.3 Å². The minimum atomic E-state index is 0.101. The van der Waals surface area contributed by atoms with Gasteiger partial charge in [0.05, 0.1) is 20.3 Å². The van der Waals surface area contributed by atoms with Gasteiger partial charge in [0.25, 0.3) is 0 Å². The Hall–Kier alpha value is -2.28. The van der Waals surface area contributed by atoms with Crippen LogP contribution in [-0.4, -0.2) is 34.8 Å². The van der Waals surface area contributed by atoms with Gasteiger partial charge in [-0.05, 0) is 80.0 Å². The van der Waals surface area contributed by atoms with Crippen LogP contribution >= 0.6 is 23.2 Å². The second kappa shape index (κ2) is 11.2. The lowest BCUT2D eigenvalue weighted by Crippen LogP contribution is -2.25. The van der Waals surface area contributed by atoms with Gasteiger partial charge < -0.3 is 14.2 Å². The largest absolute Gasteiger partial charge is 0.497 e. The first-order valence-corrected chi connectivity index (χ1v) is 12.1. The van der Waals surface area contributed by atoms with E-state index in [0.717, 1.165) is 42.7 Å². The highest BCUT2D eigenvalue weighted by Crippen LogP contribution is 2.37. The summed E-state index contributed by atoms with van der Waals surface area (Å²) in [5.74, 6) is 1.95. The molecule has 8 heteroatoms. The van der Waals surface area contributed by atoms with Gasteiger partial charge in [-0.25, -0.2) is 4.68 Å². The standard InChI is InChI=1S/C25H29Cl2N3O3/c1-3-32-16-24-25(30(29-28-24)15-17-4-8-22(31-2)9-5-17)33-23-10-6-18(7-11-23)19-12-20(26)14-21(27)13-19/h4-5,8-9,12-14,18,23H,3,6-7,10-11,15-16H2,1-2H3/t18-,23+. The molecular formula is C25H29Cl2N3O3. The van der Waals surface area contributed by atoms with Crippen LogP contribution in [0.2, 0.25) is 10.0 Å². The second-order valence-electron chi connectivity index (χ2n) is 8.28. The van der Waals surface area contributed by atoms with Crippen LogP contribution in [0.5, 0.6) is 11.6 Å². The van der Waals surface area contributed by atoms with Gasteiger partial charge in [0.2, 0.25) is 5.88 Å². The van der Waals surface area contributed by atoms with Crippen molar-refractivity contribution in [2.45, 2.75) is 57.8 Å². The van der Waals surface area contributed by atoms with Crippen LogP contribution < -0.4 is 9.47 Å². The van der Waals surface area contributed by atoms with Crippen LogP contribution in [0.3, 0.4) is 0 Å². The zero-order valence-electron chi connectivity index (χ0n) is 19.0. The fraction of sp³-hybridized carbons (Fsp3) is 0.440. The fourth-order valence-electron chi connectivity index (χ4n) is 4.25. The third-order valence-corrected chi connectivity index (χ3v) is 6.43. The second-order valence-corrected chi connectivity index (χ2v) is 9.15. The lowest BCUT2D eigenvalue weighted by molar-refractivity contribution is 0.111. The van der Waals surface area contributed by atoms with Crippen molar-refractivity contribution in [3.8, 4) is 11.6 Å². The average Bonchev–Trinajstić information content (AvgIpc) is 3.19. The predicted octanol–water partition coefficient (Wildman–Crippen LogP) is 6.28. The quantitative estimate of drug-likeness (QED) is 0.353. The number of halogens is 2. The van der Waals surface area contributed by atoms with E-state index >= 15 is 0 Å². The molecule has 3 aromatic rings. The maximum atomic E-state index is 6.48. The Balaban J connectivity index is 1.45. The van der Waals surface area contributed by atoms with Gasteiger partial charge >= 0.3 is 0 Å². The number of hydrogen-bond acceptors (Lipinski definition) is 5. The third kappa shape index (κ3) is 6.19. The molecule has 176 valence electrons. The number of nitrogens with zero attached hydrogens (tertiary/aromatic N) is 3. The van der Waals surface area contributed by atoms with Crippen LogP contribution in [0.4, 0.5) is 0 Å². The molecule has 4 rings (SSSR count). The molecule has 0 bridgehead atoms. The Morgan fingerprint density at radius 1 is 1.00 bits per heavy atom. The van der Waals surface area contributed by atoms with Crippen molar-refractivity contribution in [1.29, 1.82) is 0 Å². The van der Waals surface area contributed by atoms with E-state index in [1.807, 2.05) is 48.0 Å². The molecule has 1 heterocycles. The summed E-state index contributed by atoms with van der Waals surface area (Å²) in [7, 11) is 1.66. The molecule has 1 saturated carbocycles. The minimum Gasteiger partial charge on any atom is -0.497 e. The van der Waals surface area contributed by atoms with Gasteiger partial charge in [-0.15, -0.1) is 5.10 Å². The Morgan fingerprint density at radius 3 is 2.33 bits per heavy atom. The molecule has 0 saturated heterocycles. The number of rotatable bonds is 9. The molecule has 1 aromatic heterocycles. The van der Waals surface area contributed by atoms with E-state index < -0.39 is 0 Å². The zero-order chi connectivity index (χ0) is 23.2. The van der Waals surface area contributed by atoms with E-state index in [4.69, 9.17) is 37.4 Å². The van der Waals surface area contributed by atoms with E-state index in [1.54, 1.807) is 13.2 Å². The monoisotopic (exact) mass is 489 g/mol. The normalized spacial score (nSPS) is 18.3. The molecule has 0 atom stereocenters. The molecule has 0 aliphatic heterocycles. The number of benzene rings is 2. The van der Waals surface area contributed by atoms with Crippen molar-refractivity contribution in [2.75, 3.05) is 13.7 Å². The Bertz CT molecular complexity index is 1030. The van der Waals surface area contributed by atoms with Crippen LogP contribution in [0, 0.1) is 0 Å². The molecule has 33 heavy (non-hydrogen) atoms. The molecular weight excluding hydrogens is 461 g/mol. The lowest BCUT2D eigenvalue weighted by atomic mass is 9.83. The molecule has 0 unspecified atom stereocenters. The van der Waals surface area contributed by atoms with Crippen LogP contribution in [0.15, 0.2) is 42.5 Å². The summed E-state index contributed by atoms with van der Waals surface area (Å²) in [6.07, 6.45) is 4.02. The van der Waals surface area contributed by atoms with Gasteiger partial charge in [0.1, 0.15) is 11.9 Å². The maximum Gasteiger partial charge on any atom is 0.238 e. The van der Waals surface area contributed by atoms with Crippen LogP contribution in [0.25, 0.3) is 0 Å². The minimum absolute atomic E-state index is 0.101. The SMILES string of the molecule is CCOCc1nnn(Cc2ccc(OC)cc2)c1O[C@H]1CC[C@@H](c2cc(Cl)cc(Cl)c2)CC1. The van der Waals surface area contributed by atoms with Crippen molar-refractivity contribution >= 4 is 23.2 Å². The van der Waals surface area contributed by atoms with E-state index in [9.17, 15) is 0 Å². The molecule has 1 aliphatic carbocycles. The number of hydrogen-bond donors (Lipinski definition) is 0. The number of ether oxygens (including phenoxy) is 3. The van der Waals surface area contributed by atoms with Crippen LogP contribution in [-0.2, 0) is 17.9 Å². The summed E-state index contributed by atoms with van der Waals surface area (Å²) >= 11 is 12.4. The summed E-state index contributed by atoms with van der Waals surface area (Å²) in [4.78, 5) is 0. The van der Waals surface area contributed by atoms with Gasteiger partial charge in [0.15, 0.2) is 5.69 Å². The summed E-state index contributed by atoms with van der Waals surface area (Å²) < 4.78 is 19.2. The van der Waals surface area contributed by atoms with Gasteiger partial charge in [-0.3, -0.25) is 0 Å². The average molecular weight is 490 g/mol.